The Kier molecular flexibility index (Phi) is 4.47. The van der Waals surface area contributed by atoms with E-state index < -0.39 is 0 Å². The Balaban J connectivity index is 2.74. The lowest BCUT2D eigenvalue weighted by atomic mass is 9.92. The van der Waals surface area contributed by atoms with E-state index in [9.17, 15) is 0 Å². The van der Waals surface area contributed by atoms with Crippen molar-refractivity contribution >= 4 is 0 Å². The fraction of sp³-hybridized carbons (Fsp3) is 0.538. The summed E-state index contributed by atoms with van der Waals surface area (Å²) in [4.78, 5) is 0. The van der Waals surface area contributed by atoms with Crippen LogP contribution in [0.3, 0.4) is 0 Å². The molecule has 0 saturated carbocycles. The van der Waals surface area contributed by atoms with Crippen LogP contribution in [-0.4, -0.2) is 18.8 Å². The monoisotopic (exact) mass is 222 g/mol. The van der Waals surface area contributed by atoms with Gasteiger partial charge in [0.15, 0.2) is 0 Å². The van der Waals surface area contributed by atoms with Crippen LogP contribution in [0.2, 0.25) is 0 Å². The first kappa shape index (κ1) is 13.2. The molecule has 1 rings (SSSR count). The maximum atomic E-state index is 5.58. The molecule has 1 unspecified atom stereocenters. The minimum absolute atomic E-state index is 0.0974. The zero-order valence-corrected chi connectivity index (χ0v) is 10.6. The van der Waals surface area contributed by atoms with E-state index in [4.69, 9.17) is 10.6 Å². The quantitative estimate of drug-likeness (QED) is 0.590. The number of rotatable bonds is 5. The van der Waals surface area contributed by atoms with Gasteiger partial charge in [-0.05, 0) is 32.8 Å². The number of ether oxygens (including phenoxy) is 1. The number of aryl methyl sites for hydroxylation is 1. The van der Waals surface area contributed by atoms with E-state index in [1.807, 2.05) is 13.8 Å². The number of methoxy groups -OCH3 is 1. The van der Waals surface area contributed by atoms with E-state index in [-0.39, 0.29) is 11.6 Å². The summed E-state index contributed by atoms with van der Waals surface area (Å²) < 4.78 is 5.44. The Morgan fingerprint density at radius 2 is 1.88 bits per heavy atom. The van der Waals surface area contributed by atoms with Crippen molar-refractivity contribution in [3.05, 3.63) is 35.4 Å². The van der Waals surface area contributed by atoms with Gasteiger partial charge in [-0.2, -0.15) is 0 Å². The summed E-state index contributed by atoms with van der Waals surface area (Å²) in [6, 6.07) is 8.59. The molecule has 0 radical (unpaired) electrons. The van der Waals surface area contributed by atoms with Gasteiger partial charge in [-0.25, -0.2) is 0 Å². The van der Waals surface area contributed by atoms with Crippen LogP contribution < -0.4 is 11.3 Å². The molecule has 1 atom stereocenters. The molecule has 0 saturated heterocycles. The highest BCUT2D eigenvalue weighted by Crippen LogP contribution is 2.17. The molecule has 3 heteroatoms. The SMILES string of the molecule is COC(C)(C)C(Cc1ccc(C)cc1)NN. The number of nitrogens with one attached hydrogen (secondary N) is 1. The summed E-state index contributed by atoms with van der Waals surface area (Å²) in [5.41, 5.74) is 5.09. The molecule has 0 aliphatic heterocycles. The van der Waals surface area contributed by atoms with Gasteiger partial charge >= 0.3 is 0 Å². The Morgan fingerprint density at radius 1 is 1.31 bits per heavy atom. The van der Waals surface area contributed by atoms with Crippen molar-refractivity contribution in [1.29, 1.82) is 0 Å². The van der Waals surface area contributed by atoms with Crippen LogP contribution in [0.1, 0.15) is 25.0 Å². The second-order valence-corrected chi connectivity index (χ2v) is 4.72. The van der Waals surface area contributed by atoms with E-state index in [0.29, 0.717) is 0 Å². The molecule has 16 heavy (non-hydrogen) atoms. The van der Waals surface area contributed by atoms with Crippen LogP contribution >= 0.6 is 0 Å². The second kappa shape index (κ2) is 5.43. The van der Waals surface area contributed by atoms with E-state index >= 15 is 0 Å². The molecular formula is C13H22N2O. The first-order valence-electron chi connectivity index (χ1n) is 5.56. The average Bonchev–Trinajstić information content (AvgIpc) is 2.28. The van der Waals surface area contributed by atoms with Gasteiger partial charge in [0.25, 0.3) is 0 Å². The molecular weight excluding hydrogens is 200 g/mol. The molecule has 0 aliphatic carbocycles. The van der Waals surface area contributed by atoms with Crippen LogP contribution in [0.15, 0.2) is 24.3 Å². The van der Waals surface area contributed by atoms with Crippen LogP contribution in [0.25, 0.3) is 0 Å². The Hall–Kier alpha value is -0.900. The van der Waals surface area contributed by atoms with E-state index in [1.54, 1.807) is 7.11 Å². The Morgan fingerprint density at radius 3 is 2.31 bits per heavy atom. The molecule has 0 heterocycles. The van der Waals surface area contributed by atoms with E-state index in [0.717, 1.165) is 6.42 Å². The first-order chi connectivity index (χ1) is 7.49. The topological polar surface area (TPSA) is 47.3 Å². The van der Waals surface area contributed by atoms with Crippen molar-refractivity contribution < 1.29 is 4.74 Å². The molecule has 3 nitrogen and oxygen atoms in total. The largest absolute Gasteiger partial charge is 0.377 e. The lowest BCUT2D eigenvalue weighted by Crippen LogP contribution is -2.52. The van der Waals surface area contributed by atoms with Crippen LogP contribution in [0.4, 0.5) is 0 Å². The molecule has 0 bridgehead atoms. The summed E-state index contributed by atoms with van der Waals surface area (Å²) in [6.07, 6.45) is 0.859. The van der Waals surface area contributed by atoms with Crippen molar-refractivity contribution in [3.8, 4) is 0 Å². The van der Waals surface area contributed by atoms with Crippen LogP contribution in [0.5, 0.6) is 0 Å². The van der Waals surface area contributed by atoms with Crippen molar-refractivity contribution in [2.75, 3.05) is 7.11 Å². The maximum absolute atomic E-state index is 5.58. The number of hydrogen-bond donors (Lipinski definition) is 2. The van der Waals surface area contributed by atoms with Crippen molar-refractivity contribution in [1.82, 2.24) is 5.43 Å². The van der Waals surface area contributed by atoms with Gasteiger partial charge in [0.1, 0.15) is 0 Å². The number of hydrogen-bond acceptors (Lipinski definition) is 3. The zero-order chi connectivity index (χ0) is 12.2. The molecule has 0 spiro atoms. The van der Waals surface area contributed by atoms with Crippen LogP contribution in [-0.2, 0) is 11.2 Å². The van der Waals surface area contributed by atoms with Gasteiger partial charge < -0.3 is 4.74 Å². The third-order valence-corrected chi connectivity index (χ3v) is 3.13. The Bertz CT molecular complexity index is 319. The van der Waals surface area contributed by atoms with Crippen molar-refractivity contribution in [2.45, 2.75) is 38.8 Å². The smallest absolute Gasteiger partial charge is 0.0791 e. The maximum Gasteiger partial charge on any atom is 0.0791 e. The van der Waals surface area contributed by atoms with Gasteiger partial charge in [0, 0.05) is 7.11 Å². The summed E-state index contributed by atoms with van der Waals surface area (Å²) in [5.74, 6) is 5.58. The van der Waals surface area contributed by atoms with E-state index in [1.165, 1.54) is 11.1 Å². The van der Waals surface area contributed by atoms with Gasteiger partial charge in [-0.1, -0.05) is 29.8 Å². The van der Waals surface area contributed by atoms with Gasteiger partial charge in [0.05, 0.1) is 11.6 Å². The highest BCUT2D eigenvalue weighted by Gasteiger charge is 2.28. The third kappa shape index (κ3) is 3.30. The Labute approximate surface area is 98.0 Å². The lowest BCUT2D eigenvalue weighted by Gasteiger charge is -2.32. The summed E-state index contributed by atoms with van der Waals surface area (Å²) in [5, 5.41) is 0. The predicted octanol–water partition coefficient (Wildman–Crippen LogP) is 1.79. The summed E-state index contributed by atoms with van der Waals surface area (Å²) in [7, 11) is 1.71. The molecule has 0 amide bonds. The molecule has 1 aromatic rings. The first-order valence-corrected chi connectivity index (χ1v) is 5.56. The predicted molar refractivity (Wildman–Crippen MR) is 67.1 cm³/mol. The molecule has 1 aromatic carbocycles. The van der Waals surface area contributed by atoms with Gasteiger partial charge in [-0.15, -0.1) is 0 Å². The highest BCUT2D eigenvalue weighted by atomic mass is 16.5. The van der Waals surface area contributed by atoms with Crippen molar-refractivity contribution in [3.63, 3.8) is 0 Å². The number of benzene rings is 1. The second-order valence-electron chi connectivity index (χ2n) is 4.72. The average molecular weight is 222 g/mol. The standard InChI is InChI=1S/C13H22N2O/c1-10-5-7-11(8-6-10)9-12(15-14)13(2,3)16-4/h5-8,12,15H,9,14H2,1-4H3. The minimum atomic E-state index is -0.278. The molecule has 0 aromatic heterocycles. The molecule has 0 fully saturated rings. The lowest BCUT2D eigenvalue weighted by molar-refractivity contribution is -0.0101. The summed E-state index contributed by atoms with van der Waals surface area (Å²) in [6.45, 7) is 6.15. The van der Waals surface area contributed by atoms with Gasteiger partial charge in [-0.3, -0.25) is 11.3 Å². The number of nitrogens with two attached hydrogens (primary N) is 1. The fourth-order valence-corrected chi connectivity index (χ4v) is 1.61. The molecule has 0 aliphatic rings. The highest BCUT2D eigenvalue weighted by molar-refractivity contribution is 5.22. The number of hydrazine groups is 1. The van der Waals surface area contributed by atoms with Crippen molar-refractivity contribution in [2.24, 2.45) is 5.84 Å². The third-order valence-electron chi connectivity index (χ3n) is 3.13. The van der Waals surface area contributed by atoms with Gasteiger partial charge in [0.2, 0.25) is 0 Å². The summed E-state index contributed by atoms with van der Waals surface area (Å²) >= 11 is 0. The molecule has 90 valence electrons. The van der Waals surface area contributed by atoms with E-state index in [2.05, 4.69) is 36.6 Å². The van der Waals surface area contributed by atoms with Crippen LogP contribution in [0, 0.1) is 6.92 Å². The minimum Gasteiger partial charge on any atom is -0.377 e. The molecule has 3 N–H and O–H groups in total. The normalized spacial score (nSPS) is 13.8. The zero-order valence-electron chi connectivity index (χ0n) is 10.6. The fourth-order valence-electron chi connectivity index (χ4n) is 1.61.